The van der Waals surface area contributed by atoms with Crippen molar-refractivity contribution in [3.05, 3.63) is 0 Å². The van der Waals surface area contributed by atoms with Crippen LogP contribution in [0.5, 0.6) is 0 Å². The molecule has 1 fully saturated rings. The Morgan fingerprint density at radius 3 is 2.16 bits per heavy atom. The number of hydrogen-bond acceptors (Lipinski definition) is 4. The van der Waals surface area contributed by atoms with Crippen LogP contribution in [-0.4, -0.2) is 59.3 Å². The summed E-state index contributed by atoms with van der Waals surface area (Å²) in [5.74, 6) is 0. The van der Waals surface area contributed by atoms with E-state index in [1.807, 2.05) is 13.8 Å². The maximum Gasteiger partial charge on any atom is 0.0978 e. The molecule has 19 heavy (non-hydrogen) atoms. The van der Waals surface area contributed by atoms with E-state index in [-0.39, 0.29) is 6.04 Å². The van der Waals surface area contributed by atoms with E-state index in [9.17, 15) is 10.4 Å². The first-order chi connectivity index (χ1) is 9.08. The third-order valence-electron chi connectivity index (χ3n) is 4.39. The number of nitrogens with zero attached hydrogens (tertiary/aromatic N) is 3. The maximum absolute atomic E-state index is 10.4. The van der Waals surface area contributed by atoms with Crippen LogP contribution in [0.25, 0.3) is 0 Å². The van der Waals surface area contributed by atoms with E-state index >= 15 is 0 Å². The van der Waals surface area contributed by atoms with Gasteiger partial charge in [-0.1, -0.05) is 27.2 Å². The lowest BCUT2D eigenvalue weighted by Crippen LogP contribution is -2.53. The fourth-order valence-corrected chi connectivity index (χ4v) is 2.73. The zero-order valence-electron chi connectivity index (χ0n) is 12.7. The van der Waals surface area contributed by atoms with Crippen molar-refractivity contribution in [2.24, 2.45) is 0 Å². The van der Waals surface area contributed by atoms with Crippen LogP contribution >= 0.6 is 0 Å². The third kappa shape index (κ3) is 4.76. The molecule has 0 aromatic rings. The van der Waals surface area contributed by atoms with Gasteiger partial charge in [-0.15, -0.1) is 0 Å². The molecule has 1 rings (SSSR count). The van der Waals surface area contributed by atoms with Crippen molar-refractivity contribution in [1.82, 2.24) is 9.80 Å². The highest BCUT2D eigenvalue weighted by molar-refractivity contribution is 4.94. The van der Waals surface area contributed by atoms with Crippen LogP contribution < -0.4 is 0 Å². The van der Waals surface area contributed by atoms with Crippen LogP contribution in [0.3, 0.4) is 0 Å². The molecule has 1 N–H and O–H groups in total. The van der Waals surface area contributed by atoms with Gasteiger partial charge in [0.05, 0.1) is 17.7 Å². The number of β-amino-alcohol motifs (C(OH)–C–C–N with tert-alkyl or cyclic N) is 1. The number of rotatable bonds is 7. The standard InChI is InChI=1S/C15H29N3O/c1-4-7-14(12-16)18-10-8-17(9-11-18)13-15(19,5-2)6-3/h14,19H,4-11,13H2,1-3H3. The van der Waals surface area contributed by atoms with Gasteiger partial charge in [0, 0.05) is 32.7 Å². The largest absolute Gasteiger partial charge is 0.389 e. The highest BCUT2D eigenvalue weighted by Crippen LogP contribution is 2.18. The van der Waals surface area contributed by atoms with Gasteiger partial charge in [-0.3, -0.25) is 9.80 Å². The molecule has 1 saturated heterocycles. The molecule has 4 nitrogen and oxygen atoms in total. The first-order valence-electron chi connectivity index (χ1n) is 7.67. The molecule has 0 aliphatic carbocycles. The second-order valence-corrected chi connectivity index (χ2v) is 5.68. The van der Waals surface area contributed by atoms with Crippen LogP contribution in [0.2, 0.25) is 0 Å². The number of hydrogen-bond donors (Lipinski definition) is 1. The average Bonchev–Trinajstić information content (AvgIpc) is 2.45. The minimum atomic E-state index is -0.541. The summed E-state index contributed by atoms with van der Waals surface area (Å²) >= 11 is 0. The Morgan fingerprint density at radius 2 is 1.74 bits per heavy atom. The molecular formula is C15H29N3O. The van der Waals surface area contributed by atoms with Crippen molar-refractivity contribution >= 4 is 0 Å². The van der Waals surface area contributed by atoms with Crippen molar-refractivity contribution in [3.63, 3.8) is 0 Å². The fraction of sp³-hybridized carbons (Fsp3) is 0.933. The molecule has 1 unspecified atom stereocenters. The molecule has 110 valence electrons. The molecule has 0 spiro atoms. The van der Waals surface area contributed by atoms with E-state index in [1.54, 1.807) is 0 Å². The topological polar surface area (TPSA) is 50.5 Å². The molecule has 0 bridgehead atoms. The highest BCUT2D eigenvalue weighted by atomic mass is 16.3. The van der Waals surface area contributed by atoms with Crippen LogP contribution in [0.4, 0.5) is 0 Å². The molecule has 0 amide bonds. The lowest BCUT2D eigenvalue weighted by Gasteiger charge is -2.40. The molecule has 4 heteroatoms. The Kier molecular flexibility index (Phi) is 6.78. The molecular weight excluding hydrogens is 238 g/mol. The first-order valence-corrected chi connectivity index (χ1v) is 7.67. The van der Waals surface area contributed by atoms with Crippen molar-refractivity contribution in [1.29, 1.82) is 5.26 Å². The summed E-state index contributed by atoms with van der Waals surface area (Å²) in [6.45, 7) is 10.8. The van der Waals surface area contributed by atoms with Gasteiger partial charge < -0.3 is 5.11 Å². The quantitative estimate of drug-likeness (QED) is 0.765. The third-order valence-corrected chi connectivity index (χ3v) is 4.39. The second-order valence-electron chi connectivity index (χ2n) is 5.68. The van der Waals surface area contributed by atoms with Crippen molar-refractivity contribution in [2.45, 2.75) is 58.1 Å². The molecule has 1 aliphatic heterocycles. The van der Waals surface area contributed by atoms with Gasteiger partial charge in [-0.05, 0) is 19.3 Å². The summed E-state index contributed by atoms with van der Waals surface area (Å²) in [5, 5.41) is 19.6. The molecule has 0 saturated carbocycles. The van der Waals surface area contributed by atoms with Crippen molar-refractivity contribution in [3.8, 4) is 6.07 Å². The fourth-order valence-electron chi connectivity index (χ4n) is 2.73. The first kappa shape index (κ1) is 16.4. The zero-order valence-corrected chi connectivity index (χ0v) is 12.7. The van der Waals surface area contributed by atoms with Gasteiger partial charge >= 0.3 is 0 Å². The lowest BCUT2D eigenvalue weighted by molar-refractivity contribution is -0.0176. The van der Waals surface area contributed by atoms with Crippen molar-refractivity contribution in [2.75, 3.05) is 32.7 Å². The number of aliphatic hydroxyl groups is 1. The smallest absolute Gasteiger partial charge is 0.0978 e. The monoisotopic (exact) mass is 267 g/mol. The van der Waals surface area contributed by atoms with Gasteiger partial charge in [-0.25, -0.2) is 0 Å². The summed E-state index contributed by atoms with van der Waals surface area (Å²) in [7, 11) is 0. The van der Waals surface area contributed by atoms with E-state index in [1.165, 1.54) is 0 Å². The van der Waals surface area contributed by atoms with Crippen LogP contribution in [0, 0.1) is 11.3 Å². The molecule has 0 aromatic carbocycles. The van der Waals surface area contributed by atoms with Gasteiger partial charge in [0.1, 0.15) is 0 Å². The Bertz CT molecular complexity index is 288. The van der Waals surface area contributed by atoms with Crippen molar-refractivity contribution < 1.29 is 5.11 Å². The Balaban J connectivity index is 2.42. The zero-order chi connectivity index (χ0) is 14.3. The normalized spacial score (nSPS) is 20.2. The van der Waals surface area contributed by atoms with Crippen LogP contribution in [0.1, 0.15) is 46.5 Å². The molecule has 1 heterocycles. The summed E-state index contributed by atoms with van der Waals surface area (Å²) < 4.78 is 0. The van der Waals surface area contributed by atoms with E-state index < -0.39 is 5.60 Å². The Morgan fingerprint density at radius 1 is 1.16 bits per heavy atom. The molecule has 1 atom stereocenters. The number of piperazine rings is 1. The van der Waals surface area contributed by atoms with Gasteiger partial charge in [0.25, 0.3) is 0 Å². The molecule has 0 radical (unpaired) electrons. The average molecular weight is 267 g/mol. The van der Waals surface area contributed by atoms with Gasteiger partial charge in [0.15, 0.2) is 0 Å². The van der Waals surface area contributed by atoms with E-state index in [0.717, 1.165) is 58.4 Å². The van der Waals surface area contributed by atoms with Crippen LogP contribution in [0.15, 0.2) is 0 Å². The lowest BCUT2D eigenvalue weighted by atomic mass is 9.96. The van der Waals surface area contributed by atoms with Gasteiger partial charge in [0.2, 0.25) is 0 Å². The molecule has 0 aromatic heterocycles. The highest BCUT2D eigenvalue weighted by Gasteiger charge is 2.29. The summed E-state index contributed by atoms with van der Waals surface area (Å²) in [6, 6.07) is 2.49. The predicted molar refractivity (Wildman–Crippen MR) is 77.9 cm³/mol. The summed E-state index contributed by atoms with van der Waals surface area (Å²) in [6.07, 6.45) is 3.63. The minimum Gasteiger partial charge on any atom is -0.389 e. The van der Waals surface area contributed by atoms with E-state index in [0.29, 0.717) is 0 Å². The Hall–Kier alpha value is -0.630. The number of nitriles is 1. The SMILES string of the molecule is CCCC(C#N)N1CCN(CC(O)(CC)CC)CC1. The van der Waals surface area contributed by atoms with Gasteiger partial charge in [-0.2, -0.15) is 5.26 Å². The summed E-state index contributed by atoms with van der Waals surface area (Å²) in [4.78, 5) is 4.63. The predicted octanol–water partition coefficient (Wildman–Crippen LogP) is 1.85. The molecule has 1 aliphatic rings. The maximum atomic E-state index is 10.4. The van der Waals surface area contributed by atoms with E-state index in [2.05, 4.69) is 22.8 Å². The minimum absolute atomic E-state index is 0.0726. The summed E-state index contributed by atoms with van der Waals surface area (Å²) in [5.41, 5.74) is -0.541. The van der Waals surface area contributed by atoms with Crippen LogP contribution in [-0.2, 0) is 0 Å². The second kappa shape index (κ2) is 7.84. The van der Waals surface area contributed by atoms with E-state index in [4.69, 9.17) is 0 Å². The Labute approximate surface area is 118 Å².